The average molecular weight is 335 g/mol. The highest BCUT2D eigenvalue weighted by Crippen LogP contribution is 2.19. The van der Waals surface area contributed by atoms with Crippen LogP contribution in [0.3, 0.4) is 0 Å². The Hall–Kier alpha value is -1.36. The maximum Gasteiger partial charge on any atom is 0.191 e. The number of guanidine groups is 1. The summed E-state index contributed by atoms with van der Waals surface area (Å²) in [6.07, 6.45) is 7.04. The summed E-state index contributed by atoms with van der Waals surface area (Å²) in [7, 11) is 1.86. The van der Waals surface area contributed by atoms with Gasteiger partial charge in [-0.1, -0.05) is 18.2 Å². The molecule has 0 saturated carbocycles. The first kappa shape index (κ1) is 18.0. The Morgan fingerprint density at radius 2 is 2.13 bits per heavy atom. The number of hydrogen-bond donors (Lipinski definition) is 2. The Labute approximate surface area is 145 Å². The lowest BCUT2D eigenvalue weighted by atomic mass is 10.1. The molecule has 0 amide bonds. The molecule has 1 fully saturated rings. The largest absolute Gasteiger partial charge is 0.369 e. The quantitative estimate of drug-likeness (QED) is 0.457. The molecule has 0 spiro atoms. The third-order valence-corrected chi connectivity index (χ3v) is 4.87. The van der Waals surface area contributed by atoms with Crippen LogP contribution in [0.15, 0.2) is 35.3 Å². The van der Waals surface area contributed by atoms with Gasteiger partial charge in [-0.3, -0.25) is 4.99 Å². The van der Waals surface area contributed by atoms with Gasteiger partial charge in [0.05, 0.1) is 0 Å². The van der Waals surface area contributed by atoms with Crippen LogP contribution < -0.4 is 15.5 Å². The van der Waals surface area contributed by atoms with E-state index in [1.54, 1.807) is 0 Å². The molecule has 1 saturated heterocycles. The van der Waals surface area contributed by atoms with Crippen molar-refractivity contribution in [3.8, 4) is 0 Å². The van der Waals surface area contributed by atoms with E-state index in [1.165, 1.54) is 37.1 Å². The summed E-state index contributed by atoms with van der Waals surface area (Å²) in [6.45, 7) is 3.18. The van der Waals surface area contributed by atoms with Crippen molar-refractivity contribution in [1.82, 2.24) is 10.6 Å². The van der Waals surface area contributed by atoms with Crippen LogP contribution in [-0.4, -0.2) is 50.7 Å². The molecule has 0 radical (unpaired) electrons. The van der Waals surface area contributed by atoms with E-state index >= 15 is 0 Å². The number of hydrogen-bond acceptors (Lipinski definition) is 3. The zero-order chi connectivity index (χ0) is 16.3. The fourth-order valence-corrected chi connectivity index (χ4v) is 3.43. The highest BCUT2D eigenvalue weighted by molar-refractivity contribution is 7.98. The molecule has 128 valence electrons. The molecular weight excluding hydrogens is 304 g/mol. The summed E-state index contributed by atoms with van der Waals surface area (Å²) in [5.74, 6) is 2.18. The Morgan fingerprint density at radius 3 is 2.87 bits per heavy atom. The molecular formula is C18H30N4S. The van der Waals surface area contributed by atoms with Gasteiger partial charge in [-0.15, -0.1) is 0 Å². The van der Waals surface area contributed by atoms with E-state index in [0.29, 0.717) is 6.04 Å². The standard InChI is InChI=1S/C18H30N4S/c1-19-18(20-12-6-7-14-23-2)21-16-9-8-13-22(15-16)17-10-4-3-5-11-17/h3-5,10-11,16H,6-9,12-15H2,1-2H3,(H2,19,20,21). The molecule has 4 nitrogen and oxygen atoms in total. The second-order valence-corrected chi connectivity index (χ2v) is 6.95. The van der Waals surface area contributed by atoms with Crippen LogP contribution in [-0.2, 0) is 0 Å². The van der Waals surface area contributed by atoms with Crippen molar-refractivity contribution in [3.05, 3.63) is 30.3 Å². The maximum absolute atomic E-state index is 4.37. The van der Waals surface area contributed by atoms with E-state index < -0.39 is 0 Å². The smallest absolute Gasteiger partial charge is 0.191 e. The number of nitrogens with zero attached hydrogens (tertiary/aromatic N) is 2. The van der Waals surface area contributed by atoms with E-state index in [-0.39, 0.29) is 0 Å². The van der Waals surface area contributed by atoms with Gasteiger partial charge < -0.3 is 15.5 Å². The summed E-state index contributed by atoms with van der Waals surface area (Å²) in [4.78, 5) is 6.83. The molecule has 1 aromatic rings. The lowest BCUT2D eigenvalue weighted by Crippen LogP contribution is -2.51. The SMILES string of the molecule is CN=C(NCCCCSC)NC1CCCN(c2ccccc2)C1. The molecule has 23 heavy (non-hydrogen) atoms. The fourth-order valence-electron chi connectivity index (χ4n) is 2.93. The van der Waals surface area contributed by atoms with Crippen LogP contribution in [0.1, 0.15) is 25.7 Å². The predicted molar refractivity (Wildman–Crippen MR) is 104 cm³/mol. The van der Waals surface area contributed by atoms with Crippen molar-refractivity contribution in [3.63, 3.8) is 0 Å². The molecule has 2 N–H and O–H groups in total. The van der Waals surface area contributed by atoms with Gasteiger partial charge in [0.15, 0.2) is 5.96 Å². The van der Waals surface area contributed by atoms with Crippen LogP contribution in [0.2, 0.25) is 0 Å². The van der Waals surface area contributed by atoms with Gasteiger partial charge in [0.25, 0.3) is 0 Å². The third-order valence-electron chi connectivity index (χ3n) is 4.17. The summed E-state index contributed by atoms with van der Waals surface area (Å²) in [5, 5.41) is 7.03. The molecule has 0 aromatic heterocycles. The Balaban J connectivity index is 1.77. The molecule has 0 aliphatic carbocycles. The number of aliphatic imine (C=N–C) groups is 1. The maximum atomic E-state index is 4.37. The summed E-state index contributed by atoms with van der Waals surface area (Å²) >= 11 is 1.91. The van der Waals surface area contributed by atoms with Crippen LogP contribution in [0, 0.1) is 0 Å². The van der Waals surface area contributed by atoms with E-state index in [1.807, 2.05) is 18.8 Å². The fraction of sp³-hybridized carbons (Fsp3) is 0.611. The van der Waals surface area contributed by atoms with Gasteiger partial charge >= 0.3 is 0 Å². The number of anilines is 1. The predicted octanol–water partition coefficient (Wildman–Crippen LogP) is 2.96. The summed E-state index contributed by atoms with van der Waals surface area (Å²) in [5.41, 5.74) is 1.32. The molecule has 1 aliphatic heterocycles. The third kappa shape index (κ3) is 6.34. The highest BCUT2D eigenvalue weighted by Gasteiger charge is 2.20. The Kier molecular flexibility index (Phi) is 8.15. The highest BCUT2D eigenvalue weighted by atomic mass is 32.2. The molecule has 0 bridgehead atoms. The number of piperidine rings is 1. The molecule has 1 unspecified atom stereocenters. The minimum absolute atomic E-state index is 0.460. The van der Waals surface area contributed by atoms with Gasteiger partial charge in [0, 0.05) is 38.4 Å². The van der Waals surface area contributed by atoms with Crippen molar-refractivity contribution in [2.75, 3.05) is 43.6 Å². The van der Waals surface area contributed by atoms with E-state index in [9.17, 15) is 0 Å². The molecule has 2 rings (SSSR count). The van der Waals surface area contributed by atoms with Gasteiger partial charge in [0.2, 0.25) is 0 Å². The average Bonchev–Trinajstić information content (AvgIpc) is 2.61. The van der Waals surface area contributed by atoms with Crippen LogP contribution in [0.4, 0.5) is 5.69 Å². The van der Waals surface area contributed by atoms with Crippen LogP contribution in [0.25, 0.3) is 0 Å². The van der Waals surface area contributed by atoms with Gasteiger partial charge in [0.1, 0.15) is 0 Å². The van der Waals surface area contributed by atoms with Crippen molar-refractivity contribution in [1.29, 1.82) is 0 Å². The van der Waals surface area contributed by atoms with Gasteiger partial charge in [-0.05, 0) is 49.8 Å². The van der Waals surface area contributed by atoms with Crippen molar-refractivity contribution < 1.29 is 0 Å². The molecule has 1 heterocycles. The van der Waals surface area contributed by atoms with Crippen molar-refractivity contribution in [2.45, 2.75) is 31.7 Å². The number of para-hydroxylation sites is 1. The lowest BCUT2D eigenvalue weighted by molar-refractivity contribution is 0.468. The number of thioether (sulfide) groups is 1. The summed E-state index contributed by atoms with van der Waals surface area (Å²) in [6, 6.07) is 11.2. The van der Waals surface area contributed by atoms with Crippen molar-refractivity contribution in [2.24, 2.45) is 4.99 Å². The molecule has 1 aliphatic rings. The number of unbranched alkanes of at least 4 members (excludes halogenated alkanes) is 1. The molecule has 1 aromatic carbocycles. The monoisotopic (exact) mass is 334 g/mol. The zero-order valence-corrected chi connectivity index (χ0v) is 15.2. The van der Waals surface area contributed by atoms with Crippen molar-refractivity contribution >= 4 is 23.4 Å². The van der Waals surface area contributed by atoms with E-state index in [0.717, 1.165) is 25.6 Å². The molecule has 1 atom stereocenters. The topological polar surface area (TPSA) is 39.7 Å². The van der Waals surface area contributed by atoms with Crippen LogP contribution in [0.5, 0.6) is 0 Å². The molecule has 5 heteroatoms. The second-order valence-electron chi connectivity index (χ2n) is 5.96. The normalized spacial score (nSPS) is 18.8. The lowest BCUT2D eigenvalue weighted by Gasteiger charge is -2.35. The summed E-state index contributed by atoms with van der Waals surface area (Å²) < 4.78 is 0. The number of rotatable bonds is 7. The minimum atomic E-state index is 0.460. The first-order valence-electron chi connectivity index (χ1n) is 8.59. The van der Waals surface area contributed by atoms with Gasteiger partial charge in [-0.2, -0.15) is 11.8 Å². The first-order valence-corrected chi connectivity index (χ1v) is 9.99. The first-order chi connectivity index (χ1) is 11.3. The number of benzene rings is 1. The Bertz CT molecular complexity index is 463. The van der Waals surface area contributed by atoms with E-state index in [2.05, 4.69) is 57.1 Å². The minimum Gasteiger partial charge on any atom is -0.369 e. The second kappa shape index (κ2) is 10.4. The Morgan fingerprint density at radius 1 is 1.30 bits per heavy atom. The zero-order valence-electron chi connectivity index (χ0n) is 14.4. The van der Waals surface area contributed by atoms with Gasteiger partial charge in [-0.25, -0.2) is 0 Å². The van der Waals surface area contributed by atoms with Crippen LogP contribution >= 0.6 is 11.8 Å². The van der Waals surface area contributed by atoms with E-state index in [4.69, 9.17) is 0 Å². The number of nitrogens with one attached hydrogen (secondary N) is 2.